The third-order valence-electron chi connectivity index (χ3n) is 3.48. The Kier molecular flexibility index (Phi) is 3.96. The molecule has 0 fully saturated rings. The fraction of sp³-hybridized carbons (Fsp3) is 0. The minimum Gasteiger partial charge on any atom is -0.289 e. The second-order valence-corrected chi connectivity index (χ2v) is 6.69. The van der Waals surface area contributed by atoms with E-state index in [1.165, 1.54) is 23.9 Å². The fourth-order valence-corrected chi connectivity index (χ4v) is 3.33. The first-order valence-electron chi connectivity index (χ1n) is 6.92. The number of nitrogens with zero attached hydrogens (tertiary/aromatic N) is 3. The number of nitrogens with one attached hydrogen (secondary N) is 1. The van der Waals surface area contributed by atoms with Gasteiger partial charge >= 0.3 is 0 Å². The first-order chi connectivity index (χ1) is 11.6. The molecule has 2 aromatic carbocycles. The van der Waals surface area contributed by atoms with Crippen molar-refractivity contribution in [3.8, 4) is 11.4 Å². The number of thioether (sulfide) groups is 1. The molecule has 0 spiro atoms. The summed E-state index contributed by atoms with van der Waals surface area (Å²) in [6.07, 6.45) is 0. The van der Waals surface area contributed by atoms with Gasteiger partial charge in [0.1, 0.15) is 5.82 Å². The number of benzene rings is 2. The number of fused-ring (bicyclic) bond motifs is 1. The van der Waals surface area contributed by atoms with E-state index in [-0.39, 0.29) is 5.82 Å². The van der Waals surface area contributed by atoms with Crippen molar-refractivity contribution in [3.63, 3.8) is 0 Å². The normalized spacial score (nSPS) is 13.2. The Bertz CT molecular complexity index is 953. The summed E-state index contributed by atoms with van der Waals surface area (Å²) >= 11 is 13.5. The Morgan fingerprint density at radius 1 is 0.958 bits per heavy atom. The smallest absolute Gasteiger partial charge is 0.214 e. The van der Waals surface area contributed by atoms with Crippen molar-refractivity contribution >= 4 is 40.7 Å². The van der Waals surface area contributed by atoms with E-state index in [4.69, 9.17) is 23.2 Å². The molecule has 1 N–H and O–H groups in total. The van der Waals surface area contributed by atoms with Crippen molar-refractivity contribution in [2.45, 2.75) is 5.16 Å². The van der Waals surface area contributed by atoms with Crippen LogP contribution in [0.2, 0.25) is 10.0 Å². The summed E-state index contributed by atoms with van der Waals surface area (Å²) in [7, 11) is 0. The van der Waals surface area contributed by atoms with Crippen molar-refractivity contribution in [1.29, 1.82) is 0 Å². The highest BCUT2D eigenvalue weighted by Gasteiger charge is 2.20. The summed E-state index contributed by atoms with van der Waals surface area (Å²) < 4.78 is 14.9. The van der Waals surface area contributed by atoms with Gasteiger partial charge in [-0.2, -0.15) is 0 Å². The van der Waals surface area contributed by atoms with Crippen molar-refractivity contribution < 1.29 is 4.39 Å². The third kappa shape index (κ3) is 2.77. The topological polar surface area (TPSA) is 42.7 Å². The molecule has 120 valence electrons. The molecule has 1 aromatic heterocycles. The molecule has 0 radical (unpaired) electrons. The van der Waals surface area contributed by atoms with Crippen LogP contribution in [0, 0.1) is 5.82 Å². The Hall–Kier alpha value is -2.02. The average molecular weight is 379 g/mol. The summed E-state index contributed by atoms with van der Waals surface area (Å²) in [6.45, 7) is 0. The van der Waals surface area contributed by atoms with E-state index in [2.05, 4.69) is 15.6 Å². The minimum atomic E-state index is -0.274. The third-order valence-corrected chi connectivity index (χ3v) is 5.05. The molecule has 8 heteroatoms. The van der Waals surface area contributed by atoms with Crippen LogP contribution < -0.4 is 5.43 Å². The lowest BCUT2D eigenvalue weighted by atomic mass is 10.2. The lowest BCUT2D eigenvalue weighted by Crippen LogP contribution is -2.18. The predicted octanol–water partition coefficient (Wildman–Crippen LogP) is 5.04. The van der Waals surface area contributed by atoms with Crippen LogP contribution in [-0.2, 0) is 0 Å². The van der Waals surface area contributed by atoms with E-state index >= 15 is 0 Å². The van der Waals surface area contributed by atoms with Gasteiger partial charge in [-0.15, -0.1) is 10.2 Å². The highest BCUT2D eigenvalue weighted by atomic mass is 35.5. The molecular weight excluding hydrogens is 370 g/mol. The SMILES string of the molecule is Fc1ccc(C2=CSc3nnc(-c4ccc(Cl)c(Cl)c4)n3N2)cc1. The van der Waals surface area contributed by atoms with Crippen molar-refractivity contribution in [1.82, 2.24) is 14.9 Å². The first-order valence-corrected chi connectivity index (χ1v) is 8.56. The van der Waals surface area contributed by atoms with Crippen molar-refractivity contribution in [2.24, 2.45) is 0 Å². The predicted molar refractivity (Wildman–Crippen MR) is 95.1 cm³/mol. The lowest BCUT2D eigenvalue weighted by Gasteiger charge is -2.19. The molecule has 0 saturated heterocycles. The molecule has 1 aliphatic heterocycles. The second-order valence-electron chi connectivity index (χ2n) is 5.04. The van der Waals surface area contributed by atoms with Crippen molar-refractivity contribution in [3.05, 3.63) is 69.3 Å². The van der Waals surface area contributed by atoms with Gasteiger partial charge in [0, 0.05) is 16.5 Å². The van der Waals surface area contributed by atoms with Gasteiger partial charge in [-0.05, 0) is 42.5 Å². The molecule has 1 aliphatic rings. The molecule has 0 aliphatic carbocycles. The summed E-state index contributed by atoms with van der Waals surface area (Å²) in [4.78, 5) is 0. The molecule has 4 rings (SSSR count). The molecule has 3 aromatic rings. The molecule has 0 atom stereocenters. The van der Waals surface area contributed by atoms with E-state index in [1.807, 2.05) is 11.5 Å². The van der Waals surface area contributed by atoms with E-state index in [0.29, 0.717) is 21.0 Å². The van der Waals surface area contributed by atoms with Gasteiger partial charge in [0.2, 0.25) is 5.16 Å². The standard InChI is InChI=1S/C16H9Cl2FN4S/c17-12-6-3-10(7-13(12)18)15-20-21-16-23(15)22-14(8-24-16)9-1-4-11(19)5-2-9/h1-8,22H. The van der Waals surface area contributed by atoms with Gasteiger partial charge in [0.05, 0.1) is 15.7 Å². The maximum absolute atomic E-state index is 13.1. The molecule has 0 amide bonds. The van der Waals surface area contributed by atoms with E-state index in [0.717, 1.165) is 16.8 Å². The van der Waals surface area contributed by atoms with E-state index < -0.39 is 0 Å². The average Bonchev–Trinajstić information content (AvgIpc) is 3.01. The second kappa shape index (κ2) is 6.12. The van der Waals surface area contributed by atoms with Gasteiger partial charge in [0.25, 0.3) is 0 Å². The number of hydrogen-bond acceptors (Lipinski definition) is 4. The maximum Gasteiger partial charge on any atom is 0.214 e. The highest BCUT2D eigenvalue weighted by Crippen LogP contribution is 2.33. The minimum absolute atomic E-state index is 0.274. The summed E-state index contributed by atoms with van der Waals surface area (Å²) in [6, 6.07) is 11.5. The van der Waals surface area contributed by atoms with Crippen LogP contribution >= 0.6 is 35.0 Å². The molecular formula is C16H9Cl2FN4S. The zero-order valence-electron chi connectivity index (χ0n) is 12.0. The van der Waals surface area contributed by atoms with Crippen LogP contribution in [0.3, 0.4) is 0 Å². The number of halogens is 3. The highest BCUT2D eigenvalue weighted by molar-refractivity contribution is 8.02. The Balaban J connectivity index is 1.71. The molecule has 2 heterocycles. The van der Waals surface area contributed by atoms with Gasteiger partial charge in [-0.1, -0.05) is 35.0 Å². The zero-order chi connectivity index (χ0) is 16.7. The van der Waals surface area contributed by atoms with E-state index in [9.17, 15) is 4.39 Å². The van der Waals surface area contributed by atoms with Gasteiger partial charge in [-0.25, -0.2) is 9.07 Å². The Morgan fingerprint density at radius 3 is 2.46 bits per heavy atom. The monoisotopic (exact) mass is 378 g/mol. The molecule has 4 nitrogen and oxygen atoms in total. The Labute approximate surface area is 151 Å². The number of aromatic nitrogens is 3. The van der Waals surface area contributed by atoms with Crippen LogP contribution in [0.25, 0.3) is 17.1 Å². The van der Waals surface area contributed by atoms with Crippen LogP contribution in [0.15, 0.2) is 53.0 Å². The molecule has 0 unspecified atom stereocenters. The largest absolute Gasteiger partial charge is 0.289 e. The molecule has 24 heavy (non-hydrogen) atoms. The summed E-state index contributed by atoms with van der Waals surface area (Å²) in [5, 5.41) is 11.9. The number of hydrogen-bond donors (Lipinski definition) is 1. The summed E-state index contributed by atoms with van der Waals surface area (Å²) in [5.41, 5.74) is 5.73. The van der Waals surface area contributed by atoms with Gasteiger partial charge in [-0.3, -0.25) is 5.43 Å². The first kappa shape index (κ1) is 15.5. The van der Waals surface area contributed by atoms with Crippen LogP contribution in [0.1, 0.15) is 5.56 Å². The van der Waals surface area contributed by atoms with Gasteiger partial charge < -0.3 is 0 Å². The zero-order valence-corrected chi connectivity index (χ0v) is 14.3. The maximum atomic E-state index is 13.1. The summed E-state index contributed by atoms with van der Waals surface area (Å²) in [5.74, 6) is 0.341. The fourth-order valence-electron chi connectivity index (χ4n) is 2.29. The van der Waals surface area contributed by atoms with Crippen molar-refractivity contribution in [2.75, 3.05) is 5.43 Å². The molecule has 0 bridgehead atoms. The molecule has 0 saturated carbocycles. The van der Waals surface area contributed by atoms with Crippen LogP contribution in [0.5, 0.6) is 0 Å². The quantitative estimate of drug-likeness (QED) is 0.678. The lowest BCUT2D eigenvalue weighted by molar-refractivity contribution is 0.627. The van der Waals surface area contributed by atoms with E-state index in [1.54, 1.807) is 28.9 Å². The van der Waals surface area contributed by atoms with Gasteiger partial charge in [0.15, 0.2) is 5.82 Å². The van der Waals surface area contributed by atoms with Crippen LogP contribution in [-0.4, -0.2) is 14.9 Å². The number of rotatable bonds is 2. The van der Waals surface area contributed by atoms with Crippen LogP contribution in [0.4, 0.5) is 4.39 Å². The Morgan fingerprint density at radius 2 is 1.71 bits per heavy atom.